The summed E-state index contributed by atoms with van der Waals surface area (Å²) in [5, 5.41) is 23.6. The minimum atomic E-state index is -0.363. The first-order valence-corrected chi connectivity index (χ1v) is 8.75. The Morgan fingerprint density at radius 1 is 1.29 bits per heavy atom. The van der Waals surface area contributed by atoms with E-state index in [1.54, 1.807) is 12.1 Å². The molecule has 0 amide bonds. The van der Waals surface area contributed by atoms with E-state index in [2.05, 4.69) is 24.1 Å². The van der Waals surface area contributed by atoms with Crippen LogP contribution < -0.4 is 10.2 Å². The minimum absolute atomic E-state index is 0.0148. The van der Waals surface area contributed by atoms with Gasteiger partial charge in [-0.2, -0.15) is 0 Å². The number of nitro groups is 1. The largest absolute Gasteiger partial charge is 0.396 e. The van der Waals surface area contributed by atoms with Crippen LogP contribution in [0.1, 0.15) is 39.5 Å². The zero-order valence-electron chi connectivity index (χ0n) is 14.7. The Balaban J connectivity index is 1.70. The van der Waals surface area contributed by atoms with Crippen LogP contribution in [-0.4, -0.2) is 42.3 Å². The van der Waals surface area contributed by atoms with Gasteiger partial charge in [0, 0.05) is 43.6 Å². The zero-order valence-corrected chi connectivity index (χ0v) is 14.7. The van der Waals surface area contributed by atoms with Crippen LogP contribution in [0.3, 0.4) is 0 Å². The highest BCUT2D eigenvalue weighted by Gasteiger charge is 2.20. The standard InChI is InChI=1S/C18H29N3O3/c1-18(2,14-22)10-3-11-19-15-8-12-20(13-9-15)16-4-6-17(7-5-16)21(23)24/h4-7,15,19,22H,3,8-14H2,1-2H3. The molecule has 0 bridgehead atoms. The maximum atomic E-state index is 10.7. The number of piperidine rings is 1. The Morgan fingerprint density at radius 3 is 2.46 bits per heavy atom. The van der Waals surface area contributed by atoms with Crippen molar-refractivity contribution >= 4 is 11.4 Å². The molecular formula is C18H29N3O3. The van der Waals surface area contributed by atoms with E-state index in [0.29, 0.717) is 6.04 Å². The zero-order chi connectivity index (χ0) is 17.6. The van der Waals surface area contributed by atoms with Crippen LogP contribution in [0, 0.1) is 15.5 Å². The quantitative estimate of drug-likeness (QED) is 0.434. The van der Waals surface area contributed by atoms with Crippen LogP contribution in [0.15, 0.2) is 24.3 Å². The molecule has 0 radical (unpaired) electrons. The lowest BCUT2D eigenvalue weighted by Gasteiger charge is -2.34. The summed E-state index contributed by atoms with van der Waals surface area (Å²) in [4.78, 5) is 12.6. The third kappa shape index (κ3) is 5.46. The van der Waals surface area contributed by atoms with Gasteiger partial charge in [-0.1, -0.05) is 13.8 Å². The summed E-state index contributed by atoms with van der Waals surface area (Å²) < 4.78 is 0. The molecule has 2 rings (SSSR count). The molecule has 0 saturated carbocycles. The van der Waals surface area contributed by atoms with E-state index in [-0.39, 0.29) is 22.6 Å². The van der Waals surface area contributed by atoms with Crippen LogP contribution >= 0.6 is 0 Å². The Bertz CT molecular complexity index is 523. The second kappa shape index (κ2) is 8.44. The number of aliphatic hydroxyl groups excluding tert-OH is 1. The highest BCUT2D eigenvalue weighted by atomic mass is 16.6. The van der Waals surface area contributed by atoms with Crippen molar-refractivity contribution < 1.29 is 10.0 Å². The minimum Gasteiger partial charge on any atom is -0.396 e. The molecule has 0 unspecified atom stereocenters. The molecule has 2 N–H and O–H groups in total. The van der Waals surface area contributed by atoms with E-state index in [1.807, 2.05) is 12.1 Å². The van der Waals surface area contributed by atoms with Crippen molar-refractivity contribution in [1.29, 1.82) is 0 Å². The summed E-state index contributed by atoms with van der Waals surface area (Å²) in [7, 11) is 0. The van der Waals surface area contributed by atoms with E-state index in [9.17, 15) is 15.2 Å². The molecule has 0 aliphatic carbocycles. The third-order valence-corrected chi connectivity index (χ3v) is 4.81. The van der Waals surface area contributed by atoms with Crippen molar-refractivity contribution in [1.82, 2.24) is 5.32 Å². The second-order valence-electron chi connectivity index (χ2n) is 7.41. The molecule has 0 spiro atoms. The second-order valence-corrected chi connectivity index (χ2v) is 7.41. The Morgan fingerprint density at radius 2 is 1.92 bits per heavy atom. The van der Waals surface area contributed by atoms with E-state index in [4.69, 9.17) is 0 Å². The van der Waals surface area contributed by atoms with Crippen LogP contribution in [-0.2, 0) is 0 Å². The lowest BCUT2D eigenvalue weighted by molar-refractivity contribution is -0.384. The van der Waals surface area contributed by atoms with Gasteiger partial charge in [-0.3, -0.25) is 10.1 Å². The average Bonchev–Trinajstić information content (AvgIpc) is 2.59. The van der Waals surface area contributed by atoms with Gasteiger partial charge < -0.3 is 15.3 Å². The Kier molecular flexibility index (Phi) is 6.57. The summed E-state index contributed by atoms with van der Waals surface area (Å²) >= 11 is 0. The van der Waals surface area contributed by atoms with Gasteiger partial charge in [0.15, 0.2) is 0 Å². The first-order valence-electron chi connectivity index (χ1n) is 8.75. The lowest BCUT2D eigenvalue weighted by Crippen LogP contribution is -2.43. The average molecular weight is 335 g/mol. The number of nitrogens with one attached hydrogen (secondary N) is 1. The van der Waals surface area contributed by atoms with Gasteiger partial charge in [-0.05, 0) is 49.8 Å². The molecule has 1 heterocycles. The molecule has 0 aromatic heterocycles. The molecule has 1 saturated heterocycles. The van der Waals surface area contributed by atoms with Crippen molar-refractivity contribution in [2.24, 2.45) is 5.41 Å². The third-order valence-electron chi connectivity index (χ3n) is 4.81. The van der Waals surface area contributed by atoms with E-state index >= 15 is 0 Å². The molecule has 1 fully saturated rings. The van der Waals surface area contributed by atoms with Crippen LogP contribution in [0.25, 0.3) is 0 Å². The lowest BCUT2D eigenvalue weighted by atomic mass is 9.89. The molecule has 1 aromatic rings. The fraction of sp³-hybridized carbons (Fsp3) is 0.667. The molecule has 6 nitrogen and oxygen atoms in total. The maximum absolute atomic E-state index is 10.7. The van der Waals surface area contributed by atoms with Crippen molar-refractivity contribution in [2.45, 2.75) is 45.6 Å². The molecule has 24 heavy (non-hydrogen) atoms. The van der Waals surface area contributed by atoms with Gasteiger partial charge in [-0.15, -0.1) is 0 Å². The van der Waals surface area contributed by atoms with Crippen molar-refractivity contribution in [2.75, 3.05) is 31.1 Å². The molecule has 1 aliphatic heterocycles. The number of nitrogens with zero attached hydrogens (tertiary/aromatic N) is 2. The number of nitro benzene ring substituents is 1. The van der Waals surface area contributed by atoms with Crippen molar-refractivity contribution in [3.05, 3.63) is 34.4 Å². The molecule has 1 aromatic carbocycles. The summed E-state index contributed by atoms with van der Waals surface area (Å²) in [5.74, 6) is 0. The molecule has 1 aliphatic rings. The van der Waals surface area contributed by atoms with Crippen LogP contribution in [0.5, 0.6) is 0 Å². The fourth-order valence-corrected chi connectivity index (χ4v) is 3.08. The fourth-order valence-electron chi connectivity index (χ4n) is 3.08. The molecule has 134 valence electrons. The Labute approximate surface area is 144 Å². The number of benzene rings is 1. The number of rotatable bonds is 8. The van der Waals surface area contributed by atoms with Crippen LogP contribution in [0.4, 0.5) is 11.4 Å². The highest BCUT2D eigenvalue weighted by molar-refractivity contribution is 5.51. The summed E-state index contributed by atoms with van der Waals surface area (Å²) in [5.41, 5.74) is 1.21. The summed E-state index contributed by atoms with van der Waals surface area (Å²) in [6.45, 7) is 7.35. The van der Waals surface area contributed by atoms with Crippen molar-refractivity contribution in [3.63, 3.8) is 0 Å². The number of hydrogen-bond acceptors (Lipinski definition) is 5. The van der Waals surface area contributed by atoms with Gasteiger partial charge >= 0.3 is 0 Å². The number of hydrogen-bond donors (Lipinski definition) is 2. The van der Waals surface area contributed by atoms with Crippen molar-refractivity contribution in [3.8, 4) is 0 Å². The predicted octanol–water partition coefficient (Wildman–Crippen LogP) is 2.95. The van der Waals surface area contributed by atoms with E-state index in [0.717, 1.165) is 51.0 Å². The van der Waals surface area contributed by atoms with E-state index in [1.165, 1.54) is 0 Å². The van der Waals surface area contributed by atoms with E-state index < -0.39 is 0 Å². The predicted molar refractivity (Wildman–Crippen MR) is 96.4 cm³/mol. The number of aliphatic hydroxyl groups is 1. The SMILES string of the molecule is CC(C)(CO)CCCNC1CCN(c2ccc([N+](=O)[O-])cc2)CC1. The van der Waals surface area contributed by atoms with Gasteiger partial charge in [-0.25, -0.2) is 0 Å². The van der Waals surface area contributed by atoms with Crippen LogP contribution in [0.2, 0.25) is 0 Å². The number of anilines is 1. The van der Waals surface area contributed by atoms with Gasteiger partial charge in [0.1, 0.15) is 0 Å². The smallest absolute Gasteiger partial charge is 0.269 e. The maximum Gasteiger partial charge on any atom is 0.269 e. The number of non-ortho nitro benzene ring substituents is 1. The molecule has 0 atom stereocenters. The van der Waals surface area contributed by atoms with Gasteiger partial charge in [0.2, 0.25) is 0 Å². The topological polar surface area (TPSA) is 78.6 Å². The first-order chi connectivity index (χ1) is 11.4. The van der Waals surface area contributed by atoms with Gasteiger partial charge in [0.05, 0.1) is 4.92 Å². The van der Waals surface area contributed by atoms with Gasteiger partial charge in [0.25, 0.3) is 5.69 Å². The summed E-state index contributed by atoms with van der Waals surface area (Å²) in [6.07, 6.45) is 4.27. The molecule has 6 heteroatoms. The normalized spacial score (nSPS) is 16.4. The summed E-state index contributed by atoms with van der Waals surface area (Å²) in [6, 6.07) is 7.35. The first kappa shape index (κ1) is 18.7. The molecular weight excluding hydrogens is 306 g/mol. The highest BCUT2D eigenvalue weighted by Crippen LogP contribution is 2.23. The monoisotopic (exact) mass is 335 g/mol. The Hall–Kier alpha value is -1.66.